The average Bonchev–Trinajstić information content (AvgIpc) is 2.89. The zero-order valence-electron chi connectivity index (χ0n) is 26.5. The Kier molecular flexibility index (Phi) is 10.7. The predicted molar refractivity (Wildman–Crippen MR) is 163 cm³/mol. The van der Waals surface area contributed by atoms with E-state index in [4.69, 9.17) is 14.2 Å². The fraction of sp³-hybridized carbons (Fsp3) is 0.545. The van der Waals surface area contributed by atoms with Gasteiger partial charge < -0.3 is 19.5 Å². The Bertz CT molecular complexity index is 1230. The first-order chi connectivity index (χ1) is 19.6. The topological polar surface area (TPSA) is 97.4 Å². The van der Waals surface area contributed by atoms with Crippen LogP contribution in [0, 0.1) is 0 Å². The summed E-state index contributed by atoms with van der Waals surface area (Å²) in [7, 11) is 0. The lowest BCUT2D eigenvalue weighted by atomic mass is 9.92. The second-order valence-electron chi connectivity index (χ2n) is 12.7. The highest BCUT2D eigenvalue weighted by Gasteiger charge is 2.42. The van der Waals surface area contributed by atoms with Gasteiger partial charge in [0.05, 0.1) is 0 Å². The van der Waals surface area contributed by atoms with Gasteiger partial charge in [-0.1, -0.05) is 24.3 Å². The van der Waals surface area contributed by atoms with Gasteiger partial charge in [-0.2, -0.15) is 0 Å². The number of nitrogens with zero attached hydrogens (tertiary/aromatic N) is 2. The molecule has 1 atom stereocenters. The molecule has 0 spiro atoms. The van der Waals surface area contributed by atoms with Crippen molar-refractivity contribution in [1.82, 2.24) is 15.1 Å². The van der Waals surface area contributed by atoms with Gasteiger partial charge in [0, 0.05) is 31.7 Å². The highest BCUT2D eigenvalue weighted by molar-refractivity contribution is 5.89. The van der Waals surface area contributed by atoms with Crippen LogP contribution in [0.2, 0.25) is 0 Å². The molecule has 0 saturated carbocycles. The molecule has 1 heterocycles. The van der Waals surface area contributed by atoms with Crippen LogP contribution in [0.3, 0.4) is 0 Å². The molecule has 2 aromatic carbocycles. The number of esters is 1. The number of hydrogen-bond acceptors (Lipinski definition) is 7. The van der Waals surface area contributed by atoms with Gasteiger partial charge in [-0.05, 0) is 104 Å². The zero-order valence-corrected chi connectivity index (χ0v) is 26.5. The SMILES string of the molecule is CC(C)N(CCNC(=O)C1c2ccc(Oc3ccccc3)cc2CCN1C(=O)OC(C)(C)C(=O)OC(C)(C)C)C(C)C. The van der Waals surface area contributed by atoms with E-state index in [1.807, 2.05) is 42.5 Å². The van der Waals surface area contributed by atoms with Crippen LogP contribution in [0.5, 0.6) is 11.5 Å². The van der Waals surface area contributed by atoms with Crippen LogP contribution in [0.1, 0.15) is 79.5 Å². The normalized spacial score (nSPS) is 15.4. The van der Waals surface area contributed by atoms with E-state index < -0.39 is 29.3 Å². The van der Waals surface area contributed by atoms with E-state index in [1.54, 1.807) is 26.8 Å². The number of para-hydroxylation sites is 1. The molecule has 9 nitrogen and oxygen atoms in total. The van der Waals surface area contributed by atoms with Gasteiger partial charge in [0.25, 0.3) is 0 Å². The monoisotopic (exact) mass is 581 g/mol. The maximum absolute atomic E-state index is 13.8. The molecule has 0 saturated heterocycles. The lowest BCUT2D eigenvalue weighted by Gasteiger charge is -2.38. The summed E-state index contributed by atoms with van der Waals surface area (Å²) in [5, 5.41) is 3.04. The van der Waals surface area contributed by atoms with E-state index in [0.717, 1.165) is 5.56 Å². The lowest BCUT2D eigenvalue weighted by molar-refractivity contribution is -0.174. The minimum absolute atomic E-state index is 0.229. The predicted octanol–water partition coefficient (Wildman–Crippen LogP) is 5.87. The summed E-state index contributed by atoms with van der Waals surface area (Å²) in [6.45, 7) is 18.0. The third-order valence-corrected chi connectivity index (χ3v) is 7.03. The molecule has 1 unspecified atom stereocenters. The number of carbonyl (C=O) groups excluding carboxylic acids is 3. The molecule has 2 aromatic rings. The molecule has 1 aliphatic heterocycles. The largest absolute Gasteiger partial charge is 0.457 e. The minimum Gasteiger partial charge on any atom is -0.457 e. The van der Waals surface area contributed by atoms with Crippen molar-refractivity contribution >= 4 is 18.0 Å². The fourth-order valence-electron chi connectivity index (χ4n) is 5.01. The molecule has 0 radical (unpaired) electrons. The number of hydrogen-bond donors (Lipinski definition) is 1. The molecule has 1 N–H and O–H groups in total. The van der Waals surface area contributed by atoms with Crippen molar-refractivity contribution in [3.05, 3.63) is 59.7 Å². The Morgan fingerprint density at radius 1 is 0.929 bits per heavy atom. The molecule has 3 rings (SSSR count). The number of nitrogens with one attached hydrogen (secondary N) is 1. The van der Waals surface area contributed by atoms with Crippen LogP contribution in [-0.4, -0.2) is 70.7 Å². The summed E-state index contributed by atoms with van der Waals surface area (Å²) in [6, 6.07) is 14.7. The average molecular weight is 582 g/mol. The van der Waals surface area contributed by atoms with Gasteiger partial charge in [0.15, 0.2) is 0 Å². The van der Waals surface area contributed by atoms with Crippen molar-refractivity contribution in [2.45, 2.75) is 98.1 Å². The Morgan fingerprint density at radius 3 is 2.17 bits per heavy atom. The van der Waals surface area contributed by atoms with E-state index in [-0.39, 0.29) is 12.5 Å². The van der Waals surface area contributed by atoms with Gasteiger partial charge in [-0.15, -0.1) is 0 Å². The van der Waals surface area contributed by atoms with Crippen molar-refractivity contribution in [2.75, 3.05) is 19.6 Å². The second-order valence-corrected chi connectivity index (χ2v) is 12.7. The highest BCUT2D eigenvalue weighted by Crippen LogP contribution is 2.35. The van der Waals surface area contributed by atoms with Crippen molar-refractivity contribution in [3.8, 4) is 11.5 Å². The van der Waals surface area contributed by atoms with Crippen molar-refractivity contribution in [3.63, 3.8) is 0 Å². The van der Waals surface area contributed by atoms with E-state index in [0.29, 0.717) is 48.7 Å². The number of ether oxygens (including phenoxy) is 3. The molecule has 1 aliphatic rings. The standard InChI is InChI=1S/C33H47N3O6/c1-22(2)35(23(3)4)20-18-34-29(37)28-27-16-15-26(40-25-13-11-10-12-14-25)21-24(27)17-19-36(28)31(39)42-33(8,9)30(38)41-32(5,6)7/h10-16,21-23,28H,17-20H2,1-9H3,(H,34,37). The third-order valence-electron chi connectivity index (χ3n) is 7.03. The molecule has 230 valence electrons. The van der Waals surface area contributed by atoms with E-state index in [9.17, 15) is 14.4 Å². The molecule has 42 heavy (non-hydrogen) atoms. The van der Waals surface area contributed by atoms with E-state index in [1.165, 1.54) is 18.7 Å². The van der Waals surface area contributed by atoms with Gasteiger partial charge in [0.1, 0.15) is 23.1 Å². The summed E-state index contributed by atoms with van der Waals surface area (Å²) in [4.78, 5) is 43.8. The second kappa shape index (κ2) is 13.6. The molecule has 0 fully saturated rings. The van der Waals surface area contributed by atoms with Crippen LogP contribution in [-0.2, 0) is 25.5 Å². The van der Waals surface area contributed by atoms with Gasteiger partial charge >= 0.3 is 12.1 Å². The summed E-state index contributed by atoms with van der Waals surface area (Å²) in [6.07, 6.45) is -0.270. The first-order valence-corrected chi connectivity index (χ1v) is 14.7. The molecule has 0 bridgehead atoms. The summed E-state index contributed by atoms with van der Waals surface area (Å²) < 4.78 is 17.2. The number of benzene rings is 2. The van der Waals surface area contributed by atoms with Crippen LogP contribution >= 0.6 is 0 Å². The first-order valence-electron chi connectivity index (χ1n) is 14.7. The number of amides is 2. The van der Waals surface area contributed by atoms with E-state index in [2.05, 4.69) is 37.9 Å². The van der Waals surface area contributed by atoms with Gasteiger partial charge in [-0.25, -0.2) is 9.59 Å². The van der Waals surface area contributed by atoms with Crippen LogP contribution in [0.15, 0.2) is 48.5 Å². The Balaban J connectivity index is 1.86. The number of fused-ring (bicyclic) bond motifs is 1. The quantitative estimate of drug-likeness (QED) is 0.351. The fourth-order valence-corrected chi connectivity index (χ4v) is 5.01. The molecular weight excluding hydrogens is 534 g/mol. The Labute approximate surface area is 250 Å². The summed E-state index contributed by atoms with van der Waals surface area (Å²) >= 11 is 0. The van der Waals surface area contributed by atoms with Crippen LogP contribution in [0.4, 0.5) is 4.79 Å². The maximum Gasteiger partial charge on any atom is 0.411 e. The molecule has 0 aliphatic carbocycles. The Hall–Kier alpha value is -3.59. The summed E-state index contributed by atoms with van der Waals surface area (Å²) in [5.74, 6) is 0.377. The van der Waals surface area contributed by atoms with Crippen LogP contribution in [0.25, 0.3) is 0 Å². The lowest BCUT2D eigenvalue weighted by Crippen LogP contribution is -2.52. The summed E-state index contributed by atoms with van der Waals surface area (Å²) in [5.41, 5.74) is -0.693. The van der Waals surface area contributed by atoms with E-state index >= 15 is 0 Å². The number of carbonyl (C=O) groups is 3. The minimum atomic E-state index is -1.55. The number of rotatable bonds is 10. The van der Waals surface area contributed by atoms with Crippen molar-refractivity contribution in [2.24, 2.45) is 0 Å². The third kappa shape index (κ3) is 8.71. The molecule has 9 heteroatoms. The van der Waals surface area contributed by atoms with Gasteiger partial charge in [0.2, 0.25) is 11.5 Å². The van der Waals surface area contributed by atoms with Gasteiger partial charge in [-0.3, -0.25) is 14.6 Å². The molecular formula is C33H47N3O6. The molecule has 2 amide bonds. The maximum atomic E-state index is 13.8. The molecule has 0 aromatic heterocycles. The highest BCUT2D eigenvalue weighted by atomic mass is 16.6. The van der Waals surface area contributed by atoms with Crippen molar-refractivity contribution in [1.29, 1.82) is 0 Å². The zero-order chi connectivity index (χ0) is 31.2. The van der Waals surface area contributed by atoms with Crippen LogP contribution < -0.4 is 10.1 Å². The van der Waals surface area contributed by atoms with Crippen molar-refractivity contribution < 1.29 is 28.6 Å². The Morgan fingerprint density at radius 2 is 1.57 bits per heavy atom. The first kappa shape index (κ1) is 32.9. The smallest absolute Gasteiger partial charge is 0.411 e.